The van der Waals surface area contributed by atoms with E-state index in [0.717, 1.165) is 5.56 Å². The van der Waals surface area contributed by atoms with E-state index in [-0.39, 0.29) is 12.2 Å². The van der Waals surface area contributed by atoms with E-state index in [9.17, 15) is 9.59 Å². The SMILES string of the molecule is CCOC(=O)C1=C(C)N=c2sc(=Cc3cc(OC)ccc3OC)c(=O)n2[C@@H]1c1ccc(C(C)C)cc1. The third-order valence-electron chi connectivity index (χ3n) is 6.16. The van der Waals surface area contributed by atoms with Crippen molar-refractivity contribution in [2.45, 2.75) is 39.7 Å². The fraction of sp³-hybridized carbons (Fsp3) is 0.321. The normalized spacial score (nSPS) is 15.5. The molecule has 2 heterocycles. The lowest BCUT2D eigenvalue weighted by Gasteiger charge is -2.25. The number of aromatic nitrogens is 1. The Kier molecular flexibility index (Phi) is 7.45. The molecule has 0 fully saturated rings. The maximum absolute atomic E-state index is 13.8. The topological polar surface area (TPSA) is 79.1 Å². The van der Waals surface area contributed by atoms with Gasteiger partial charge in [-0.25, -0.2) is 9.79 Å². The van der Waals surface area contributed by atoms with Crippen LogP contribution in [0.1, 0.15) is 56.3 Å². The van der Waals surface area contributed by atoms with Crippen molar-refractivity contribution < 1.29 is 19.0 Å². The van der Waals surface area contributed by atoms with E-state index in [1.165, 1.54) is 16.9 Å². The van der Waals surface area contributed by atoms with Crippen molar-refractivity contribution in [3.63, 3.8) is 0 Å². The van der Waals surface area contributed by atoms with Crippen molar-refractivity contribution in [3.05, 3.63) is 90.1 Å². The quantitative estimate of drug-likeness (QED) is 0.454. The predicted molar refractivity (Wildman–Crippen MR) is 140 cm³/mol. The number of hydrogen-bond acceptors (Lipinski definition) is 7. The molecule has 0 aliphatic carbocycles. The second kappa shape index (κ2) is 10.5. The molecule has 0 amide bonds. The van der Waals surface area contributed by atoms with Gasteiger partial charge in [0.2, 0.25) is 0 Å². The van der Waals surface area contributed by atoms with Gasteiger partial charge in [-0.1, -0.05) is 49.4 Å². The Bertz CT molecular complexity index is 1500. The van der Waals surface area contributed by atoms with E-state index in [2.05, 4.69) is 18.8 Å². The van der Waals surface area contributed by atoms with Crippen molar-refractivity contribution in [1.82, 2.24) is 4.57 Å². The number of fused-ring (bicyclic) bond motifs is 1. The molecule has 4 rings (SSSR count). The summed E-state index contributed by atoms with van der Waals surface area (Å²) in [4.78, 5) is 32.0. The molecule has 0 radical (unpaired) electrons. The molecule has 1 aromatic heterocycles. The third-order valence-corrected chi connectivity index (χ3v) is 7.14. The van der Waals surface area contributed by atoms with Crippen molar-refractivity contribution in [1.29, 1.82) is 0 Å². The number of thiazole rings is 1. The maximum Gasteiger partial charge on any atom is 0.338 e. The minimum atomic E-state index is -0.643. The van der Waals surface area contributed by atoms with E-state index in [4.69, 9.17) is 14.2 Å². The standard InChI is InChI=1S/C28H30N2O5S/c1-7-35-27(32)24-17(4)29-28-30(25(24)19-10-8-18(9-11-19)16(2)3)26(31)23(36-28)15-20-14-21(33-5)12-13-22(20)34-6/h8-16,25H,7H2,1-6H3/t25-/m1/s1. The van der Waals surface area contributed by atoms with Crippen molar-refractivity contribution >= 4 is 23.4 Å². The molecule has 2 aromatic carbocycles. The Morgan fingerprint density at radius 3 is 2.47 bits per heavy atom. The minimum absolute atomic E-state index is 0.231. The molecule has 1 atom stereocenters. The molecule has 0 N–H and O–H groups in total. The zero-order valence-corrected chi connectivity index (χ0v) is 22.1. The van der Waals surface area contributed by atoms with Gasteiger partial charge in [0.25, 0.3) is 5.56 Å². The first-order chi connectivity index (χ1) is 17.3. The molecule has 0 bridgehead atoms. The Balaban J connectivity index is 1.95. The first-order valence-electron chi connectivity index (χ1n) is 11.8. The number of allylic oxidation sites excluding steroid dienone is 1. The summed E-state index contributed by atoms with van der Waals surface area (Å²) in [5.41, 5.74) is 3.38. The van der Waals surface area contributed by atoms with Crippen LogP contribution < -0.4 is 24.4 Å². The fourth-order valence-electron chi connectivity index (χ4n) is 4.26. The molecule has 7 nitrogen and oxygen atoms in total. The van der Waals surface area contributed by atoms with Gasteiger partial charge >= 0.3 is 5.97 Å². The number of hydrogen-bond donors (Lipinski definition) is 0. The second-order valence-corrected chi connectivity index (χ2v) is 9.74. The van der Waals surface area contributed by atoms with E-state index in [0.29, 0.717) is 43.6 Å². The van der Waals surface area contributed by atoms with Gasteiger partial charge in [0.1, 0.15) is 11.5 Å². The van der Waals surface area contributed by atoms with Gasteiger partial charge < -0.3 is 14.2 Å². The van der Waals surface area contributed by atoms with Crippen LogP contribution in [0.15, 0.2) is 63.5 Å². The lowest BCUT2D eigenvalue weighted by atomic mass is 9.93. The summed E-state index contributed by atoms with van der Waals surface area (Å²) < 4.78 is 18.3. The third kappa shape index (κ3) is 4.73. The molecule has 1 aliphatic heterocycles. The number of benzene rings is 2. The van der Waals surface area contributed by atoms with Gasteiger partial charge in [-0.3, -0.25) is 9.36 Å². The zero-order chi connectivity index (χ0) is 26.0. The molecular formula is C28H30N2O5S. The summed E-state index contributed by atoms with van der Waals surface area (Å²) in [7, 11) is 3.17. The molecule has 36 heavy (non-hydrogen) atoms. The zero-order valence-electron chi connectivity index (χ0n) is 21.3. The van der Waals surface area contributed by atoms with Crippen LogP contribution in [0.4, 0.5) is 0 Å². The molecule has 0 unspecified atom stereocenters. The maximum atomic E-state index is 13.8. The van der Waals surface area contributed by atoms with Crippen LogP contribution in [-0.4, -0.2) is 31.4 Å². The highest BCUT2D eigenvalue weighted by Gasteiger charge is 2.33. The smallest absolute Gasteiger partial charge is 0.338 e. The summed E-state index contributed by atoms with van der Waals surface area (Å²) >= 11 is 1.27. The van der Waals surface area contributed by atoms with Crippen molar-refractivity contribution in [3.8, 4) is 11.5 Å². The number of ether oxygens (including phenoxy) is 3. The molecule has 0 spiro atoms. The van der Waals surface area contributed by atoms with Crippen molar-refractivity contribution in [2.24, 2.45) is 4.99 Å². The molecule has 0 saturated carbocycles. The summed E-state index contributed by atoms with van der Waals surface area (Å²) in [5, 5.41) is 0. The van der Waals surface area contributed by atoms with E-state index in [1.54, 1.807) is 50.8 Å². The van der Waals surface area contributed by atoms with Crippen LogP contribution in [-0.2, 0) is 9.53 Å². The van der Waals surface area contributed by atoms with Crippen LogP contribution in [0.3, 0.4) is 0 Å². The van der Waals surface area contributed by atoms with Crippen LogP contribution in [0, 0.1) is 0 Å². The van der Waals surface area contributed by atoms with Gasteiger partial charge in [0.05, 0.1) is 42.7 Å². The van der Waals surface area contributed by atoms with Crippen LogP contribution in [0.2, 0.25) is 0 Å². The van der Waals surface area contributed by atoms with Gasteiger partial charge in [-0.15, -0.1) is 0 Å². The average molecular weight is 507 g/mol. The van der Waals surface area contributed by atoms with Gasteiger partial charge in [-0.05, 0) is 55.2 Å². The molecule has 188 valence electrons. The molecule has 3 aromatic rings. The van der Waals surface area contributed by atoms with Crippen LogP contribution in [0.5, 0.6) is 11.5 Å². The summed E-state index contributed by atoms with van der Waals surface area (Å²) in [6.07, 6.45) is 1.77. The highest BCUT2D eigenvalue weighted by Crippen LogP contribution is 2.31. The van der Waals surface area contributed by atoms with E-state index in [1.807, 2.05) is 30.3 Å². The second-order valence-electron chi connectivity index (χ2n) is 8.73. The van der Waals surface area contributed by atoms with E-state index < -0.39 is 12.0 Å². The number of rotatable bonds is 7. The number of carbonyl (C=O) groups is 1. The first-order valence-corrected chi connectivity index (χ1v) is 12.6. The van der Waals surface area contributed by atoms with Crippen LogP contribution >= 0.6 is 11.3 Å². The Morgan fingerprint density at radius 2 is 1.86 bits per heavy atom. The number of carbonyl (C=O) groups excluding carboxylic acids is 1. The molecule has 8 heteroatoms. The number of methoxy groups -OCH3 is 2. The van der Waals surface area contributed by atoms with Crippen LogP contribution in [0.25, 0.3) is 6.08 Å². The Labute approximate surface area is 214 Å². The van der Waals surface area contributed by atoms with Crippen molar-refractivity contribution in [2.75, 3.05) is 20.8 Å². The Hall–Kier alpha value is -3.65. The highest BCUT2D eigenvalue weighted by atomic mass is 32.1. The van der Waals surface area contributed by atoms with Gasteiger partial charge in [-0.2, -0.15) is 0 Å². The summed E-state index contributed by atoms with van der Waals surface area (Å²) in [6, 6.07) is 12.8. The van der Waals surface area contributed by atoms with Gasteiger partial charge in [0.15, 0.2) is 4.80 Å². The van der Waals surface area contributed by atoms with Gasteiger partial charge in [0, 0.05) is 5.56 Å². The fourth-order valence-corrected chi connectivity index (χ4v) is 5.30. The number of esters is 1. The summed E-state index contributed by atoms with van der Waals surface area (Å²) in [5.74, 6) is 1.16. The predicted octanol–water partition coefficient (Wildman–Crippen LogP) is 3.94. The lowest BCUT2D eigenvalue weighted by molar-refractivity contribution is -0.139. The molecular weight excluding hydrogens is 476 g/mol. The monoisotopic (exact) mass is 506 g/mol. The summed E-state index contributed by atoms with van der Waals surface area (Å²) in [6.45, 7) is 8.02. The number of nitrogens with zero attached hydrogens (tertiary/aromatic N) is 2. The molecule has 1 aliphatic rings. The first kappa shape index (κ1) is 25.4. The highest BCUT2D eigenvalue weighted by molar-refractivity contribution is 7.07. The molecule has 0 saturated heterocycles. The Morgan fingerprint density at radius 1 is 1.14 bits per heavy atom. The lowest BCUT2D eigenvalue weighted by Crippen LogP contribution is -2.39. The van der Waals surface area contributed by atoms with E-state index >= 15 is 0 Å². The minimum Gasteiger partial charge on any atom is -0.497 e. The largest absolute Gasteiger partial charge is 0.497 e. The average Bonchev–Trinajstić information content (AvgIpc) is 3.17.